The lowest BCUT2D eigenvalue weighted by atomic mass is 10.1. The molecule has 4 rings (SSSR count). The van der Waals surface area contributed by atoms with Gasteiger partial charge in [-0.1, -0.05) is 30.3 Å². The summed E-state index contributed by atoms with van der Waals surface area (Å²) in [5, 5.41) is 10.9. The summed E-state index contributed by atoms with van der Waals surface area (Å²) >= 11 is 0. The Hall–Kier alpha value is -4.93. The number of carbonyl (C=O) groups excluding carboxylic acids is 2. The number of rotatable bonds is 6. The van der Waals surface area contributed by atoms with E-state index in [-0.39, 0.29) is 11.4 Å². The van der Waals surface area contributed by atoms with Crippen LogP contribution in [0.1, 0.15) is 21.5 Å². The number of aryl methyl sites for hydroxylation is 1. The first-order chi connectivity index (χ1) is 17.7. The third kappa shape index (κ3) is 6.82. The number of alkyl halides is 3. The second kappa shape index (κ2) is 10.8. The molecule has 1 heterocycles. The third-order valence-electron chi connectivity index (χ3n) is 5.15. The Morgan fingerprint density at radius 3 is 2.27 bits per heavy atom. The van der Waals surface area contributed by atoms with Gasteiger partial charge in [-0.25, -0.2) is 14.8 Å². The van der Waals surface area contributed by atoms with Crippen LogP contribution in [0.3, 0.4) is 0 Å². The molecule has 1 aromatic heterocycles. The van der Waals surface area contributed by atoms with E-state index in [0.717, 1.165) is 23.9 Å². The van der Waals surface area contributed by atoms with Gasteiger partial charge in [0.25, 0.3) is 5.91 Å². The number of urea groups is 1. The Kier molecular flexibility index (Phi) is 7.33. The van der Waals surface area contributed by atoms with E-state index in [4.69, 9.17) is 0 Å². The number of aromatic nitrogens is 2. The van der Waals surface area contributed by atoms with Crippen molar-refractivity contribution in [2.24, 2.45) is 0 Å². The fourth-order valence-electron chi connectivity index (χ4n) is 3.31. The molecular weight excluding hydrogens is 485 g/mol. The largest absolute Gasteiger partial charge is 0.416 e. The van der Waals surface area contributed by atoms with Gasteiger partial charge in [0.2, 0.25) is 0 Å². The molecule has 0 spiro atoms. The molecule has 0 saturated heterocycles. The van der Waals surface area contributed by atoms with Gasteiger partial charge in [-0.05, 0) is 55.0 Å². The van der Waals surface area contributed by atoms with Crippen LogP contribution in [0.25, 0.3) is 0 Å². The average Bonchev–Trinajstić information content (AvgIpc) is 2.86. The van der Waals surface area contributed by atoms with Crippen molar-refractivity contribution < 1.29 is 22.8 Å². The minimum absolute atomic E-state index is 0.147. The normalized spacial score (nSPS) is 10.9. The standard InChI is InChI=1S/C26H21F3N6O2/c1-16-10-11-20(33-24(36)17-6-5-7-18(12-17)26(27,28)29)13-21(16)34-25(37)35-23-14-22(30-15-31-23)32-19-8-3-2-4-9-19/h2-15H,1H3,(H,33,36)(H3,30,31,32,34,35,37). The maximum Gasteiger partial charge on any atom is 0.416 e. The topological polar surface area (TPSA) is 108 Å². The van der Waals surface area contributed by atoms with Crippen molar-refractivity contribution in [1.29, 1.82) is 0 Å². The Morgan fingerprint density at radius 1 is 0.757 bits per heavy atom. The van der Waals surface area contributed by atoms with Gasteiger partial charge in [0.1, 0.15) is 18.0 Å². The lowest BCUT2D eigenvalue weighted by molar-refractivity contribution is -0.137. The van der Waals surface area contributed by atoms with Crippen molar-refractivity contribution in [2.45, 2.75) is 13.1 Å². The van der Waals surface area contributed by atoms with E-state index < -0.39 is 23.7 Å². The monoisotopic (exact) mass is 506 g/mol. The molecule has 37 heavy (non-hydrogen) atoms. The van der Waals surface area contributed by atoms with Gasteiger partial charge in [0, 0.05) is 28.7 Å². The average molecular weight is 506 g/mol. The maximum absolute atomic E-state index is 13.0. The van der Waals surface area contributed by atoms with E-state index in [1.165, 1.54) is 18.5 Å². The zero-order chi connectivity index (χ0) is 26.4. The fraction of sp³-hybridized carbons (Fsp3) is 0.0769. The molecule has 3 amide bonds. The van der Waals surface area contributed by atoms with Gasteiger partial charge in [-0.2, -0.15) is 13.2 Å². The number of nitrogens with one attached hydrogen (secondary N) is 4. The predicted molar refractivity (Wildman–Crippen MR) is 135 cm³/mol. The van der Waals surface area contributed by atoms with Gasteiger partial charge >= 0.3 is 12.2 Å². The lowest BCUT2D eigenvalue weighted by Crippen LogP contribution is -2.21. The van der Waals surface area contributed by atoms with Crippen LogP contribution >= 0.6 is 0 Å². The maximum atomic E-state index is 13.0. The van der Waals surface area contributed by atoms with Gasteiger partial charge in [-0.15, -0.1) is 0 Å². The van der Waals surface area contributed by atoms with Crippen LogP contribution < -0.4 is 21.3 Å². The second-order valence-corrected chi connectivity index (χ2v) is 7.92. The summed E-state index contributed by atoms with van der Waals surface area (Å²) in [5.41, 5.74) is 1.12. The first-order valence-corrected chi connectivity index (χ1v) is 11.0. The fourth-order valence-corrected chi connectivity index (χ4v) is 3.31. The van der Waals surface area contributed by atoms with Crippen LogP contribution in [0.5, 0.6) is 0 Å². The Labute approximate surface area is 210 Å². The molecule has 0 saturated carbocycles. The highest BCUT2D eigenvalue weighted by molar-refractivity contribution is 6.05. The zero-order valence-corrected chi connectivity index (χ0v) is 19.4. The number of amides is 3. The number of nitrogens with zero attached hydrogens (tertiary/aromatic N) is 2. The molecule has 4 N–H and O–H groups in total. The molecule has 0 atom stereocenters. The van der Waals surface area contributed by atoms with Crippen molar-refractivity contribution in [3.05, 3.63) is 102 Å². The van der Waals surface area contributed by atoms with Crippen LogP contribution in [-0.4, -0.2) is 21.9 Å². The highest BCUT2D eigenvalue weighted by Crippen LogP contribution is 2.30. The summed E-state index contributed by atoms with van der Waals surface area (Å²) in [6.07, 6.45) is -3.26. The lowest BCUT2D eigenvalue weighted by Gasteiger charge is -2.13. The Morgan fingerprint density at radius 2 is 1.51 bits per heavy atom. The molecule has 0 aliphatic rings. The smallest absolute Gasteiger partial charge is 0.340 e. The number of benzene rings is 3. The number of hydrogen-bond donors (Lipinski definition) is 4. The minimum atomic E-state index is -4.56. The third-order valence-corrected chi connectivity index (χ3v) is 5.15. The molecule has 0 fully saturated rings. The highest BCUT2D eigenvalue weighted by atomic mass is 19.4. The molecule has 0 aliphatic carbocycles. The van der Waals surface area contributed by atoms with Crippen molar-refractivity contribution in [2.75, 3.05) is 21.3 Å². The van der Waals surface area contributed by atoms with Crippen LogP contribution in [0.4, 0.5) is 46.7 Å². The number of hydrogen-bond acceptors (Lipinski definition) is 5. The molecule has 0 bridgehead atoms. The van der Waals surface area contributed by atoms with Crippen LogP contribution in [0, 0.1) is 6.92 Å². The molecule has 188 valence electrons. The number of para-hydroxylation sites is 1. The Balaban J connectivity index is 1.42. The van der Waals surface area contributed by atoms with E-state index in [9.17, 15) is 22.8 Å². The summed E-state index contributed by atoms with van der Waals surface area (Å²) in [6.45, 7) is 1.75. The van der Waals surface area contributed by atoms with Crippen molar-refractivity contribution in [3.8, 4) is 0 Å². The summed E-state index contributed by atoms with van der Waals surface area (Å²) in [5.74, 6) is 0.00866. The molecule has 0 unspecified atom stereocenters. The van der Waals surface area contributed by atoms with E-state index in [1.807, 2.05) is 30.3 Å². The van der Waals surface area contributed by atoms with E-state index in [2.05, 4.69) is 31.2 Å². The van der Waals surface area contributed by atoms with Crippen LogP contribution in [0.15, 0.2) is 85.2 Å². The van der Waals surface area contributed by atoms with Gasteiger partial charge in [-0.3, -0.25) is 10.1 Å². The molecule has 4 aromatic rings. The summed E-state index contributed by atoms with van der Waals surface area (Å²) in [4.78, 5) is 33.3. The molecule has 0 radical (unpaired) electrons. The van der Waals surface area contributed by atoms with E-state index in [1.54, 1.807) is 25.1 Å². The minimum Gasteiger partial charge on any atom is -0.340 e. The quantitative estimate of drug-likeness (QED) is 0.241. The summed E-state index contributed by atoms with van der Waals surface area (Å²) < 4.78 is 38.9. The van der Waals surface area contributed by atoms with E-state index >= 15 is 0 Å². The van der Waals surface area contributed by atoms with Crippen molar-refractivity contribution in [1.82, 2.24) is 9.97 Å². The molecule has 0 aliphatic heterocycles. The van der Waals surface area contributed by atoms with Gasteiger partial charge < -0.3 is 16.0 Å². The first kappa shape index (κ1) is 25.2. The van der Waals surface area contributed by atoms with Gasteiger partial charge in [0.05, 0.1) is 5.56 Å². The SMILES string of the molecule is Cc1ccc(NC(=O)c2cccc(C(F)(F)F)c2)cc1NC(=O)Nc1cc(Nc2ccccc2)ncn1. The van der Waals surface area contributed by atoms with Crippen LogP contribution in [0.2, 0.25) is 0 Å². The second-order valence-electron chi connectivity index (χ2n) is 7.92. The van der Waals surface area contributed by atoms with Crippen LogP contribution in [-0.2, 0) is 6.18 Å². The molecular formula is C26H21F3N6O2. The highest BCUT2D eigenvalue weighted by Gasteiger charge is 2.30. The van der Waals surface area contributed by atoms with Gasteiger partial charge in [0.15, 0.2) is 0 Å². The van der Waals surface area contributed by atoms with Crippen molar-refractivity contribution >= 4 is 40.6 Å². The Bertz CT molecular complexity index is 1430. The summed E-state index contributed by atoms with van der Waals surface area (Å²) in [7, 11) is 0. The number of halogens is 3. The molecule has 8 nitrogen and oxygen atoms in total. The number of carbonyl (C=O) groups is 2. The molecule has 3 aromatic carbocycles. The van der Waals surface area contributed by atoms with Crippen molar-refractivity contribution in [3.63, 3.8) is 0 Å². The molecule has 11 heteroatoms. The zero-order valence-electron chi connectivity index (χ0n) is 19.4. The predicted octanol–water partition coefficient (Wildman–Crippen LogP) is 6.44. The first-order valence-electron chi connectivity index (χ1n) is 11.0. The van der Waals surface area contributed by atoms with E-state index in [0.29, 0.717) is 22.8 Å². The summed E-state index contributed by atoms with van der Waals surface area (Å²) in [6, 6.07) is 19.2. The number of anilines is 5.